The van der Waals surface area contributed by atoms with Gasteiger partial charge in [-0.05, 0) is 79.4 Å². The van der Waals surface area contributed by atoms with Gasteiger partial charge in [0.15, 0.2) is 0 Å². The lowest BCUT2D eigenvalue weighted by Gasteiger charge is -2.26. The number of carbonyl (C=O) groups is 2. The van der Waals surface area contributed by atoms with Crippen LogP contribution < -0.4 is 20.3 Å². The van der Waals surface area contributed by atoms with Crippen molar-refractivity contribution in [2.45, 2.75) is 53.0 Å². The van der Waals surface area contributed by atoms with Crippen LogP contribution in [-0.4, -0.2) is 43.0 Å². The predicted molar refractivity (Wildman–Crippen MR) is 161 cm³/mol. The van der Waals surface area contributed by atoms with Crippen LogP contribution in [0.1, 0.15) is 47.0 Å². The van der Waals surface area contributed by atoms with Gasteiger partial charge in [0.1, 0.15) is 11.5 Å². The SMILES string of the molecule is C.CC(C)CCCC(=O)N(C)C1CCN(c2ccc(NC(=O)Nc3ccc(Oc4ccccc4)cc3)cc2)C1. The minimum absolute atomic E-state index is 0. The fourth-order valence-corrected chi connectivity index (χ4v) is 4.61. The molecule has 3 aromatic rings. The first-order valence-electron chi connectivity index (χ1n) is 13.4. The van der Waals surface area contributed by atoms with Gasteiger partial charge < -0.3 is 25.2 Å². The highest BCUT2D eigenvalue weighted by atomic mass is 16.5. The molecular formula is C32H42N4O3. The Morgan fingerprint density at radius 3 is 2.13 bits per heavy atom. The third-order valence-corrected chi connectivity index (χ3v) is 6.86. The van der Waals surface area contributed by atoms with Gasteiger partial charge in [0, 0.05) is 43.6 Å². The summed E-state index contributed by atoms with van der Waals surface area (Å²) in [4.78, 5) is 29.3. The summed E-state index contributed by atoms with van der Waals surface area (Å²) in [6.45, 7) is 6.12. The zero-order valence-electron chi connectivity index (χ0n) is 22.5. The van der Waals surface area contributed by atoms with E-state index < -0.39 is 0 Å². The number of nitrogens with one attached hydrogen (secondary N) is 2. The second-order valence-electron chi connectivity index (χ2n) is 10.2. The van der Waals surface area contributed by atoms with E-state index >= 15 is 0 Å². The highest BCUT2D eigenvalue weighted by molar-refractivity contribution is 5.99. The fourth-order valence-electron chi connectivity index (χ4n) is 4.61. The molecule has 1 unspecified atom stereocenters. The number of hydrogen-bond acceptors (Lipinski definition) is 4. The van der Waals surface area contributed by atoms with Crippen molar-refractivity contribution in [1.29, 1.82) is 0 Å². The standard InChI is InChI=1S/C31H38N4O3.CH4/c1-23(2)8-7-11-30(36)34(3)27-20-21-35(22-27)26-16-12-24(13-17-26)32-31(37)33-25-14-18-29(19-15-25)38-28-9-5-4-6-10-28;/h4-6,9-10,12-19,23,27H,7-8,11,20-22H2,1-3H3,(H2,32,33,37);1H4. The molecule has 7 nitrogen and oxygen atoms in total. The highest BCUT2D eigenvalue weighted by Gasteiger charge is 2.28. The Balaban J connectivity index is 0.00000420. The topological polar surface area (TPSA) is 73.9 Å². The van der Waals surface area contributed by atoms with E-state index in [1.807, 2.05) is 78.7 Å². The van der Waals surface area contributed by atoms with Gasteiger partial charge in [0.25, 0.3) is 0 Å². The number of benzene rings is 3. The molecule has 1 aliphatic rings. The summed E-state index contributed by atoms with van der Waals surface area (Å²) in [6, 6.07) is 24.5. The number of carbonyl (C=O) groups excluding carboxylic acids is 2. The molecule has 0 bridgehead atoms. The van der Waals surface area contributed by atoms with Crippen LogP contribution >= 0.6 is 0 Å². The number of hydrogen-bond donors (Lipinski definition) is 2. The van der Waals surface area contributed by atoms with Crippen molar-refractivity contribution in [1.82, 2.24) is 4.90 Å². The molecule has 1 fully saturated rings. The Morgan fingerprint density at radius 1 is 0.923 bits per heavy atom. The normalized spacial score (nSPS) is 14.5. The minimum Gasteiger partial charge on any atom is -0.457 e. The number of rotatable bonds is 10. The molecule has 4 rings (SSSR count). The van der Waals surface area contributed by atoms with Crippen LogP contribution in [0.3, 0.4) is 0 Å². The van der Waals surface area contributed by atoms with E-state index in [-0.39, 0.29) is 25.4 Å². The smallest absolute Gasteiger partial charge is 0.323 e. The van der Waals surface area contributed by atoms with E-state index in [2.05, 4.69) is 29.4 Å². The van der Waals surface area contributed by atoms with Gasteiger partial charge in [-0.1, -0.05) is 45.9 Å². The van der Waals surface area contributed by atoms with Crippen LogP contribution in [0.2, 0.25) is 0 Å². The van der Waals surface area contributed by atoms with Gasteiger partial charge in [0.2, 0.25) is 5.91 Å². The number of amides is 3. The van der Waals surface area contributed by atoms with Crippen LogP contribution in [0.4, 0.5) is 21.9 Å². The molecule has 0 spiro atoms. The summed E-state index contributed by atoms with van der Waals surface area (Å²) in [5.41, 5.74) is 2.47. The molecule has 0 aliphatic carbocycles. The zero-order chi connectivity index (χ0) is 26.9. The predicted octanol–water partition coefficient (Wildman–Crippen LogP) is 7.62. The lowest BCUT2D eigenvalue weighted by atomic mass is 10.1. The van der Waals surface area contributed by atoms with E-state index in [1.54, 1.807) is 12.1 Å². The van der Waals surface area contributed by atoms with Gasteiger partial charge in [-0.3, -0.25) is 4.79 Å². The molecule has 1 atom stereocenters. The molecule has 0 radical (unpaired) electrons. The molecule has 1 saturated heterocycles. The summed E-state index contributed by atoms with van der Waals surface area (Å²) in [5, 5.41) is 5.73. The van der Waals surface area contributed by atoms with E-state index in [0.717, 1.165) is 43.8 Å². The number of anilines is 3. The molecule has 2 N–H and O–H groups in total. The average Bonchev–Trinajstić information content (AvgIpc) is 3.40. The van der Waals surface area contributed by atoms with Gasteiger partial charge in [-0.15, -0.1) is 0 Å². The quantitative estimate of drug-likeness (QED) is 0.283. The molecule has 0 aromatic heterocycles. The number of para-hydroxylation sites is 1. The van der Waals surface area contributed by atoms with Crippen LogP contribution in [0, 0.1) is 5.92 Å². The fraction of sp³-hybridized carbons (Fsp3) is 0.375. The molecular weight excluding hydrogens is 488 g/mol. The van der Waals surface area contributed by atoms with Crippen molar-refractivity contribution >= 4 is 29.0 Å². The lowest BCUT2D eigenvalue weighted by molar-refractivity contribution is -0.131. The van der Waals surface area contributed by atoms with Crippen LogP contribution in [0.25, 0.3) is 0 Å². The lowest BCUT2D eigenvalue weighted by Crippen LogP contribution is -2.39. The van der Waals surface area contributed by atoms with Crippen molar-refractivity contribution < 1.29 is 14.3 Å². The molecule has 1 heterocycles. The van der Waals surface area contributed by atoms with Crippen LogP contribution in [0.15, 0.2) is 78.9 Å². The Hall–Kier alpha value is -4.00. The molecule has 3 aromatic carbocycles. The maximum Gasteiger partial charge on any atom is 0.323 e. The van der Waals surface area contributed by atoms with Crippen molar-refractivity contribution in [2.75, 3.05) is 35.7 Å². The monoisotopic (exact) mass is 530 g/mol. The van der Waals surface area contributed by atoms with Gasteiger partial charge in [-0.25, -0.2) is 4.79 Å². The molecule has 3 amide bonds. The first-order valence-corrected chi connectivity index (χ1v) is 13.4. The third kappa shape index (κ3) is 8.77. The van der Waals surface area contributed by atoms with E-state index in [1.165, 1.54) is 0 Å². The van der Waals surface area contributed by atoms with E-state index in [0.29, 0.717) is 29.5 Å². The van der Waals surface area contributed by atoms with Crippen molar-refractivity contribution in [2.24, 2.45) is 5.92 Å². The largest absolute Gasteiger partial charge is 0.457 e. The molecule has 7 heteroatoms. The van der Waals surface area contributed by atoms with Gasteiger partial charge >= 0.3 is 6.03 Å². The molecule has 1 aliphatic heterocycles. The molecule has 208 valence electrons. The maximum absolute atomic E-state index is 12.6. The minimum atomic E-state index is -0.312. The van der Waals surface area contributed by atoms with E-state index in [4.69, 9.17) is 4.74 Å². The zero-order valence-corrected chi connectivity index (χ0v) is 22.5. The van der Waals surface area contributed by atoms with Crippen molar-refractivity contribution in [3.8, 4) is 11.5 Å². The first-order chi connectivity index (χ1) is 18.4. The highest BCUT2D eigenvalue weighted by Crippen LogP contribution is 2.26. The Morgan fingerprint density at radius 2 is 1.51 bits per heavy atom. The summed E-state index contributed by atoms with van der Waals surface area (Å²) in [6.07, 6.45) is 3.63. The summed E-state index contributed by atoms with van der Waals surface area (Å²) in [7, 11) is 1.93. The van der Waals surface area contributed by atoms with Gasteiger partial charge in [-0.2, -0.15) is 0 Å². The Bertz CT molecular complexity index is 1180. The summed E-state index contributed by atoms with van der Waals surface area (Å²) >= 11 is 0. The summed E-state index contributed by atoms with van der Waals surface area (Å²) < 4.78 is 5.79. The van der Waals surface area contributed by atoms with Crippen molar-refractivity contribution in [3.05, 3.63) is 78.9 Å². The van der Waals surface area contributed by atoms with Crippen molar-refractivity contribution in [3.63, 3.8) is 0 Å². The summed E-state index contributed by atoms with van der Waals surface area (Å²) in [5.74, 6) is 2.33. The Kier molecular flexibility index (Phi) is 10.8. The maximum atomic E-state index is 12.6. The molecule has 0 saturated carbocycles. The Labute approximate surface area is 233 Å². The average molecular weight is 531 g/mol. The molecule has 39 heavy (non-hydrogen) atoms. The number of ether oxygens (including phenoxy) is 1. The second-order valence-corrected chi connectivity index (χ2v) is 10.2. The van der Waals surface area contributed by atoms with Crippen LogP contribution in [-0.2, 0) is 4.79 Å². The van der Waals surface area contributed by atoms with Crippen LogP contribution in [0.5, 0.6) is 11.5 Å². The second kappa shape index (κ2) is 14.2. The number of likely N-dealkylation sites (N-methyl/N-ethyl adjacent to an activating group) is 1. The van der Waals surface area contributed by atoms with E-state index in [9.17, 15) is 9.59 Å². The number of nitrogens with zero attached hydrogens (tertiary/aromatic N) is 2. The first kappa shape index (κ1) is 29.6. The third-order valence-electron chi connectivity index (χ3n) is 6.86. The van der Waals surface area contributed by atoms with Gasteiger partial charge in [0.05, 0.1) is 6.04 Å². The number of urea groups is 1.